The molecule has 0 radical (unpaired) electrons. The van der Waals surface area contributed by atoms with Crippen molar-refractivity contribution in [2.24, 2.45) is 11.8 Å². The van der Waals surface area contributed by atoms with Gasteiger partial charge in [0, 0.05) is 5.92 Å². The first-order valence-electron chi connectivity index (χ1n) is 5.93. The number of aliphatic hydroxyl groups is 1. The maximum absolute atomic E-state index is 9.84. The topological polar surface area (TPSA) is 20.2 Å². The van der Waals surface area contributed by atoms with E-state index in [1.165, 1.54) is 19.3 Å². The minimum absolute atomic E-state index is 0.371. The van der Waals surface area contributed by atoms with Crippen molar-refractivity contribution in [3.05, 3.63) is 0 Å². The molecule has 0 amide bonds. The van der Waals surface area contributed by atoms with Crippen molar-refractivity contribution in [1.29, 1.82) is 0 Å². The second kappa shape index (κ2) is 6.09. The summed E-state index contributed by atoms with van der Waals surface area (Å²) >= 11 is 0. The van der Waals surface area contributed by atoms with Gasteiger partial charge in [0.1, 0.15) is 6.10 Å². The Bertz CT molecular complexity index is 205. The van der Waals surface area contributed by atoms with Crippen LogP contribution in [0.5, 0.6) is 0 Å². The van der Waals surface area contributed by atoms with Crippen molar-refractivity contribution in [3.63, 3.8) is 0 Å². The van der Waals surface area contributed by atoms with Crippen molar-refractivity contribution in [1.82, 2.24) is 0 Å². The molecule has 0 bridgehead atoms. The normalized spacial score (nSPS) is 22.2. The third-order valence-corrected chi connectivity index (χ3v) is 3.19. The van der Waals surface area contributed by atoms with E-state index in [2.05, 4.69) is 25.7 Å². The van der Waals surface area contributed by atoms with E-state index < -0.39 is 0 Å². The lowest BCUT2D eigenvalue weighted by atomic mass is 9.85. The molecule has 1 fully saturated rings. The van der Waals surface area contributed by atoms with Gasteiger partial charge in [-0.05, 0) is 25.2 Å². The van der Waals surface area contributed by atoms with Gasteiger partial charge in [-0.2, -0.15) is 0 Å². The van der Waals surface area contributed by atoms with E-state index in [0.29, 0.717) is 11.8 Å². The molecule has 1 aliphatic rings. The van der Waals surface area contributed by atoms with Crippen molar-refractivity contribution in [3.8, 4) is 11.8 Å². The molecule has 0 heterocycles. The summed E-state index contributed by atoms with van der Waals surface area (Å²) in [7, 11) is 0. The second-order valence-electron chi connectivity index (χ2n) is 4.44. The lowest BCUT2D eigenvalue weighted by molar-refractivity contribution is 0.133. The summed E-state index contributed by atoms with van der Waals surface area (Å²) in [5, 5.41) is 9.84. The Hall–Kier alpha value is -0.480. The van der Waals surface area contributed by atoms with Gasteiger partial charge in [-0.1, -0.05) is 45.0 Å². The number of aliphatic hydroxyl groups excluding tert-OH is 1. The molecule has 1 nitrogen and oxygen atoms in total. The minimum atomic E-state index is -0.371. The first-order valence-corrected chi connectivity index (χ1v) is 5.93. The Morgan fingerprint density at radius 3 is 2.43 bits per heavy atom. The summed E-state index contributed by atoms with van der Waals surface area (Å²) in [6.07, 6.45) is 6.91. The summed E-state index contributed by atoms with van der Waals surface area (Å²) in [4.78, 5) is 0. The van der Waals surface area contributed by atoms with Crippen molar-refractivity contribution in [2.45, 2.75) is 58.5 Å². The molecule has 1 saturated carbocycles. The van der Waals surface area contributed by atoms with Gasteiger partial charge in [0.25, 0.3) is 0 Å². The molecule has 0 aromatic heterocycles. The molecular formula is C13H22O. The smallest absolute Gasteiger partial charge is 0.117 e. The van der Waals surface area contributed by atoms with Crippen LogP contribution in [0.25, 0.3) is 0 Å². The zero-order valence-corrected chi connectivity index (χ0v) is 9.42. The highest BCUT2D eigenvalue weighted by atomic mass is 16.3. The van der Waals surface area contributed by atoms with E-state index in [0.717, 1.165) is 19.3 Å². The summed E-state index contributed by atoms with van der Waals surface area (Å²) in [5.74, 6) is 7.01. The number of hydrogen-bond donors (Lipinski definition) is 1. The van der Waals surface area contributed by atoms with Crippen LogP contribution >= 0.6 is 0 Å². The van der Waals surface area contributed by atoms with E-state index in [1.54, 1.807) is 0 Å². The summed E-state index contributed by atoms with van der Waals surface area (Å²) in [6, 6.07) is 0. The minimum Gasteiger partial charge on any atom is -0.380 e. The molecule has 0 aromatic rings. The van der Waals surface area contributed by atoms with Crippen molar-refractivity contribution in [2.75, 3.05) is 0 Å². The summed E-state index contributed by atoms with van der Waals surface area (Å²) in [5.41, 5.74) is 0. The van der Waals surface area contributed by atoms with Crippen LogP contribution < -0.4 is 0 Å². The average Bonchev–Trinajstić information content (AvgIpc) is 2.26. The third kappa shape index (κ3) is 3.72. The van der Waals surface area contributed by atoms with Gasteiger partial charge < -0.3 is 5.11 Å². The maximum Gasteiger partial charge on any atom is 0.117 e. The van der Waals surface area contributed by atoms with Crippen LogP contribution in [0.2, 0.25) is 0 Å². The zero-order chi connectivity index (χ0) is 10.4. The van der Waals surface area contributed by atoms with E-state index in [9.17, 15) is 5.11 Å². The van der Waals surface area contributed by atoms with Gasteiger partial charge >= 0.3 is 0 Å². The Morgan fingerprint density at radius 2 is 1.86 bits per heavy atom. The monoisotopic (exact) mass is 194 g/mol. The van der Waals surface area contributed by atoms with Crippen LogP contribution in [0, 0.1) is 23.7 Å². The lowest BCUT2D eigenvalue weighted by Crippen LogP contribution is -2.21. The second-order valence-corrected chi connectivity index (χ2v) is 4.44. The molecule has 1 rings (SSSR count). The molecule has 0 saturated heterocycles. The van der Waals surface area contributed by atoms with Gasteiger partial charge in [0.15, 0.2) is 0 Å². The van der Waals surface area contributed by atoms with Gasteiger partial charge in [-0.15, -0.1) is 0 Å². The molecule has 80 valence electrons. The fraction of sp³-hybridized carbons (Fsp3) is 0.846. The fourth-order valence-corrected chi connectivity index (χ4v) is 1.90. The molecule has 14 heavy (non-hydrogen) atoms. The van der Waals surface area contributed by atoms with Crippen LogP contribution in [0.15, 0.2) is 0 Å². The summed E-state index contributed by atoms with van der Waals surface area (Å²) < 4.78 is 0. The molecule has 1 heteroatoms. The molecule has 1 N–H and O–H groups in total. The molecule has 0 spiro atoms. The summed E-state index contributed by atoms with van der Waals surface area (Å²) in [6.45, 7) is 4.24. The molecule has 0 aromatic carbocycles. The predicted octanol–water partition coefficient (Wildman–Crippen LogP) is 2.98. The SMILES string of the molecule is CCC(C)C#CC(O)C1CCCCC1. The standard InChI is InChI=1S/C13H22O/c1-3-11(2)9-10-13(14)12-7-5-4-6-8-12/h11-14H,3-8H2,1-2H3. The Labute approximate surface area is 87.9 Å². The Morgan fingerprint density at radius 1 is 1.21 bits per heavy atom. The van der Waals surface area contributed by atoms with Crippen molar-refractivity contribution < 1.29 is 5.11 Å². The lowest BCUT2D eigenvalue weighted by Gasteiger charge is -2.23. The molecular weight excluding hydrogens is 172 g/mol. The van der Waals surface area contributed by atoms with E-state index in [1.807, 2.05) is 0 Å². The quantitative estimate of drug-likeness (QED) is 0.670. The van der Waals surface area contributed by atoms with Gasteiger partial charge in [-0.25, -0.2) is 0 Å². The van der Waals surface area contributed by atoms with Crippen LogP contribution in [-0.4, -0.2) is 11.2 Å². The van der Waals surface area contributed by atoms with Crippen LogP contribution in [-0.2, 0) is 0 Å². The Kier molecular flexibility index (Phi) is 5.04. The van der Waals surface area contributed by atoms with Gasteiger partial charge in [-0.3, -0.25) is 0 Å². The van der Waals surface area contributed by atoms with Crippen LogP contribution in [0.1, 0.15) is 52.4 Å². The van der Waals surface area contributed by atoms with E-state index in [4.69, 9.17) is 0 Å². The first-order chi connectivity index (χ1) is 6.74. The predicted molar refractivity (Wildman–Crippen MR) is 59.8 cm³/mol. The highest BCUT2D eigenvalue weighted by Crippen LogP contribution is 2.26. The average molecular weight is 194 g/mol. The van der Waals surface area contributed by atoms with E-state index >= 15 is 0 Å². The first kappa shape index (κ1) is 11.6. The molecule has 0 aliphatic heterocycles. The van der Waals surface area contributed by atoms with Gasteiger partial charge in [0.05, 0.1) is 0 Å². The molecule has 2 atom stereocenters. The van der Waals surface area contributed by atoms with Crippen molar-refractivity contribution >= 4 is 0 Å². The fourth-order valence-electron chi connectivity index (χ4n) is 1.90. The number of hydrogen-bond acceptors (Lipinski definition) is 1. The highest BCUT2D eigenvalue weighted by Gasteiger charge is 2.19. The largest absolute Gasteiger partial charge is 0.380 e. The molecule has 1 aliphatic carbocycles. The van der Waals surface area contributed by atoms with Crippen LogP contribution in [0.4, 0.5) is 0 Å². The Balaban J connectivity index is 2.38. The highest BCUT2D eigenvalue weighted by molar-refractivity contribution is 5.08. The van der Waals surface area contributed by atoms with Crippen LogP contribution in [0.3, 0.4) is 0 Å². The maximum atomic E-state index is 9.84. The molecule has 2 unspecified atom stereocenters. The van der Waals surface area contributed by atoms with E-state index in [-0.39, 0.29) is 6.10 Å². The van der Waals surface area contributed by atoms with Gasteiger partial charge in [0.2, 0.25) is 0 Å². The zero-order valence-electron chi connectivity index (χ0n) is 9.42. The third-order valence-electron chi connectivity index (χ3n) is 3.19. The number of rotatable bonds is 2.